The predicted molar refractivity (Wildman–Crippen MR) is 91.3 cm³/mol. The molecule has 4 heteroatoms. The molecule has 0 aliphatic heterocycles. The SMILES string of the molecule is CCNCc1c(C)nn(-c2ccccc2)c1SC(C)(C)C. The molecule has 0 saturated carbocycles. The van der Waals surface area contributed by atoms with Crippen LogP contribution in [0.2, 0.25) is 0 Å². The van der Waals surface area contributed by atoms with Crippen molar-refractivity contribution in [3.63, 3.8) is 0 Å². The van der Waals surface area contributed by atoms with Gasteiger partial charge in [0.25, 0.3) is 0 Å². The lowest BCUT2D eigenvalue weighted by Crippen LogP contribution is -2.15. The summed E-state index contributed by atoms with van der Waals surface area (Å²) in [4.78, 5) is 0. The molecule has 2 aromatic rings. The molecule has 0 radical (unpaired) electrons. The number of hydrogen-bond donors (Lipinski definition) is 1. The van der Waals surface area contributed by atoms with E-state index in [9.17, 15) is 0 Å². The standard InChI is InChI=1S/C17H25N3S/c1-6-18-12-15-13(2)19-20(14-10-8-7-9-11-14)16(15)21-17(3,4)5/h7-11,18H,6,12H2,1-5H3. The lowest BCUT2D eigenvalue weighted by atomic mass is 10.2. The number of nitrogens with zero attached hydrogens (tertiary/aromatic N) is 2. The molecule has 1 heterocycles. The van der Waals surface area contributed by atoms with E-state index in [-0.39, 0.29) is 4.75 Å². The highest BCUT2D eigenvalue weighted by Gasteiger charge is 2.22. The average Bonchev–Trinajstić information content (AvgIpc) is 2.72. The summed E-state index contributed by atoms with van der Waals surface area (Å²) in [6, 6.07) is 10.4. The Balaban J connectivity index is 2.49. The van der Waals surface area contributed by atoms with Crippen LogP contribution in [0.4, 0.5) is 0 Å². The minimum Gasteiger partial charge on any atom is -0.313 e. The molecule has 0 saturated heterocycles. The zero-order valence-electron chi connectivity index (χ0n) is 13.6. The van der Waals surface area contributed by atoms with E-state index in [0.717, 1.165) is 24.5 Å². The fourth-order valence-electron chi connectivity index (χ4n) is 2.13. The van der Waals surface area contributed by atoms with Crippen LogP contribution in [0, 0.1) is 6.92 Å². The highest BCUT2D eigenvalue weighted by molar-refractivity contribution is 8.00. The molecule has 0 spiro atoms. The number of rotatable bonds is 5. The molecular weight excluding hydrogens is 278 g/mol. The van der Waals surface area contributed by atoms with Crippen molar-refractivity contribution in [2.75, 3.05) is 6.54 Å². The third-order valence-corrected chi connectivity index (χ3v) is 4.32. The molecule has 0 bridgehead atoms. The van der Waals surface area contributed by atoms with Gasteiger partial charge >= 0.3 is 0 Å². The Morgan fingerprint density at radius 3 is 2.43 bits per heavy atom. The number of para-hydroxylation sites is 1. The minimum atomic E-state index is 0.153. The van der Waals surface area contributed by atoms with Crippen molar-refractivity contribution >= 4 is 11.8 Å². The van der Waals surface area contributed by atoms with Crippen molar-refractivity contribution in [2.45, 2.75) is 50.9 Å². The van der Waals surface area contributed by atoms with Crippen molar-refractivity contribution < 1.29 is 0 Å². The van der Waals surface area contributed by atoms with Crippen LogP contribution in [0.1, 0.15) is 39.0 Å². The second-order valence-electron chi connectivity index (χ2n) is 6.11. The number of nitrogens with one attached hydrogen (secondary N) is 1. The predicted octanol–water partition coefficient (Wildman–Crippen LogP) is 4.18. The topological polar surface area (TPSA) is 29.9 Å². The maximum absolute atomic E-state index is 4.77. The average molecular weight is 303 g/mol. The van der Waals surface area contributed by atoms with E-state index in [1.54, 1.807) is 0 Å². The Morgan fingerprint density at radius 2 is 1.86 bits per heavy atom. The summed E-state index contributed by atoms with van der Waals surface area (Å²) in [6.45, 7) is 12.8. The molecule has 0 aliphatic carbocycles. The molecule has 1 aromatic heterocycles. The molecule has 114 valence electrons. The summed E-state index contributed by atoms with van der Waals surface area (Å²) in [5, 5.41) is 9.45. The normalized spacial score (nSPS) is 11.9. The van der Waals surface area contributed by atoms with Gasteiger partial charge in [-0.05, 0) is 25.6 Å². The van der Waals surface area contributed by atoms with Crippen LogP contribution in [-0.2, 0) is 6.54 Å². The van der Waals surface area contributed by atoms with Crippen molar-refractivity contribution in [3.05, 3.63) is 41.6 Å². The van der Waals surface area contributed by atoms with Gasteiger partial charge in [-0.2, -0.15) is 5.10 Å². The molecule has 0 amide bonds. The largest absolute Gasteiger partial charge is 0.313 e. The number of aryl methyl sites for hydroxylation is 1. The van der Waals surface area contributed by atoms with Crippen molar-refractivity contribution in [1.29, 1.82) is 0 Å². The fourth-order valence-corrected chi connectivity index (χ4v) is 3.29. The lowest BCUT2D eigenvalue weighted by molar-refractivity contribution is 0.704. The molecule has 1 N–H and O–H groups in total. The summed E-state index contributed by atoms with van der Waals surface area (Å²) in [5.41, 5.74) is 3.53. The summed E-state index contributed by atoms with van der Waals surface area (Å²) in [6.07, 6.45) is 0. The summed E-state index contributed by atoms with van der Waals surface area (Å²) < 4.78 is 2.23. The summed E-state index contributed by atoms with van der Waals surface area (Å²) >= 11 is 1.88. The first kappa shape index (κ1) is 16.1. The smallest absolute Gasteiger partial charge is 0.105 e. The molecule has 21 heavy (non-hydrogen) atoms. The van der Waals surface area contributed by atoms with Gasteiger partial charge in [0.15, 0.2) is 0 Å². The van der Waals surface area contributed by atoms with Gasteiger partial charge in [-0.25, -0.2) is 4.68 Å². The third kappa shape index (κ3) is 4.11. The van der Waals surface area contributed by atoms with Crippen molar-refractivity contribution in [3.8, 4) is 5.69 Å². The van der Waals surface area contributed by atoms with Crippen LogP contribution in [0.25, 0.3) is 5.69 Å². The Kier molecular flexibility index (Phi) is 5.12. The Labute approximate surface area is 132 Å². The van der Waals surface area contributed by atoms with E-state index in [0.29, 0.717) is 0 Å². The van der Waals surface area contributed by atoms with Crippen LogP contribution in [0.15, 0.2) is 35.4 Å². The van der Waals surface area contributed by atoms with Gasteiger partial charge in [-0.3, -0.25) is 0 Å². The van der Waals surface area contributed by atoms with Gasteiger partial charge < -0.3 is 5.32 Å². The molecule has 0 aliphatic rings. The molecule has 1 aromatic carbocycles. The Bertz CT molecular complexity index is 582. The monoisotopic (exact) mass is 303 g/mol. The fraction of sp³-hybridized carbons (Fsp3) is 0.471. The van der Waals surface area contributed by atoms with Crippen molar-refractivity contribution in [2.24, 2.45) is 0 Å². The Morgan fingerprint density at radius 1 is 1.19 bits per heavy atom. The van der Waals surface area contributed by atoms with Gasteiger partial charge in [0.2, 0.25) is 0 Å². The molecule has 0 fully saturated rings. The zero-order chi connectivity index (χ0) is 15.5. The van der Waals surface area contributed by atoms with Gasteiger partial charge in [0.1, 0.15) is 5.03 Å². The molecule has 3 nitrogen and oxygen atoms in total. The van der Waals surface area contributed by atoms with Crippen molar-refractivity contribution in [1.82, 2.24) is 15.1 Å². The summed E-state index contributed by atoms with van der Waals surface area (Å²) in [7, 11) is 0. The third-order valence-electron chi connectivity index (χ3n) is 3.09. The number of aromatic nitrogens is 2. The number of benzene rings is 1. The van der Waals surface area contributed by atoms with E-state index >= 15 is 0 Å². The quantitative estimate of drug-likeness (QED) is 0.840. The van der Waals surface area contributed by atoms with Gasteiger partial charge in [-0.15, -0.1) is 11.8 Å². The first-order valence-electron chi connectivity index (χ1n) is 7.46. The van der Waals surface area contributed by atoms with Crippen LogP contribution in [0.5, 0.6) is 0 Å². The highest BCUT2D eigenvalue weighted by Crippen LogP contribution is 2.36. The van der Waals surface area contributed by atoms with Crippen LogP contribution in [-0.4, -0.2) is 21.1 Å². The van der Waals surface area contributed by atoms with Gasteiger partial charge in [0.05, 0.1) is 11.4 Å². The minimum absolute atomic E-state index is 0.153. The van der Waals surface area contributed by atoms with Crippen LogP contribution in [0.3, 0.4) is 0 Å². The summed E-state index contributed by atoms with van der Waals surface area (Å²) in [5.74, 6) is 0. The van der Waals surface area contributed by atoms with E-state index in [4.69, 9.17) is 5.10 Å². The molecule has 2 rings (SSSR count). The second kappa shape index (κ2) is 6.67. The number of hydrogen-bond acceptors (Lipinski definition) is 3. The first-order chi connectivity index (χ1) is 9.92. The van der Waals surface area contributed by atoms with Crippen LogP contribution >= 0.6 is 11.8 Å². The number of thioether (sulfide) groups is 1. The van der Waals surface area contributed by atoms with Crippen LogP contribution < -0.4 is 5.32 Å². The Hall–Kier alpha value is -1.26. The van der Waals surface area contributed by atoms with Gasteiger partial charge in [0, 0.05) is 16.9 Å². The molecular formula is C17H25N3S. The van der Waals surface area contributed by atoms with E-state index < -0.39 is 0 Å². The first-order valence-corrected chi connectivity index (χ1v) is 8.27. The highest BCUT2D eigenvalue weighted by atomic mass is 32.2. The maximum Gasteiger partial charge on any atom is 0.105 e. The van der Waals surface area contributed by atoms with E-state index in [2.05, 4.69) is 68.9 Å². The van der Waals surface area contributed by atoms with E-state index in [1.165, 1.54) is 10.6 Å². The maximum atomic E-state index is 4.77. The van der Waals surface area contributed by atoms with Gasteiger partial charge in [-0.1, -0.05) is 45.9 Å². The van der Waals surface area contributed by atoms with E-state index in [1.807, 2.05) is 17.8 Å². The zero-order valence-corrected chi connectivity index (χ0v) is 14.4. The second-order valence-corrected chi connectivity index (χ2v) is 7.93. The molecule has 0 atom stereocenters. The molecule has 0 unspecified atom stereocenters. The lowest BCUT2D eigenvalue weighted by Gasteiger charge is -2.20.